The molecule has 2 aliphatic heterocycles. The van der Waals surface area contributed by atoms with Crippen molar-refractivity contribution >= 4 is 5.69 Å². The second-order valence-electron chi connectivity index (χ2n) is 7.65. The van der Waals surface area contributed by atoms with Gasteiger partial charge >= 0.3 is 0 Å². The topological polar surface area (TPSA) is 69.5 Å². The monoisotopic (exact) mass is 561 g/mol. The number of anilines is 1. The molecule has 2 aromatic rings. The van der Waals surface area contributed by atoms with Gasteiger partial charge in [0.15, 0.2) is 0 Å². The van der Waals surface area contributed by atoms with Crippen molar-refractivity contribution in [1.29, 1.82) is 0 Å². The first-order chi connectivity index (χ1) is 13.0. The number of aliphatic hydroxyl groups excluding tert-OH is 2. The Morgan fingerprint density at radius 2 is 1.71 bits per heavy atom. The Morgan fingerprint density at radius 3 is 2.32 bits per heavy atom. The van der Waals surface area contributed by atoms with E-state index in [4.69, 9.17) is 10.2 Å². The molecule has 2 atom stereocenters. The minimum Gasteiger partial charge on any atom is -0.410 e. The number of aromatic nitrogens is 2. The van der Waals surface area contributed by atoms with E-state index in [-0.39, 0.29) is 32.3 Å². The van der Waals surface area contributed by atoms with Crippen LogP contribution in [-0.2, 0) is 32.9 Å². The maximum absolute atomic E-state index is 8.56. The summed E-state index contributed by atoms with van der Waals surface area (Å²) in [5, 5.41) is 17.1. The van der Waals surface area contributed by atoms with Gasteiger partial charge < -0.3 is 20.1 Å². The van der Waals surface area contributed by atoms with Crippen molar-refractivity contribution < 1.29 is 30.3 Å². The van der Waals surface area contributed by atoms with Crippen molar-refractivity contribution in [3.05, 3.63) is 41.3 Å². The molecule has 0 aliphatic carbocycles. The Hall–Kier alpha value is -1.33. The predicted octanol–water partition coefficient (Wildman–Crippen LogP) is 3.09. The van der Waals surface area contributed by atoms with E-state index in [2.05, 4.69) is 27.0 Å². The fourth-order valence-electron chi connectivity index (χ4n) is 4.00. The van der Waals surface area contributed by atoms with Crippen LogP contribution in [0.15, 0.2) is 18.5 Å². The molecule has 1 radical (unpaired) electrons. The number of aliphatic hydroxyl groups is 2. The van der Waals surface area contributed by atoms with E-state index in [1.54, 1.807) is 26.2 Å². The van der Waals surface area contributed by atoms with Gasteiger partial charge in [0.05, 0.1) is 12.2 Å². The van der Waals surface area contributed by atoms with E-state index in [9.17, 15) is 0 Å². The molecule has 2 aliphatic rings. The zero-order chi connectivity index (χ0) is 19.4. The molecule has 28 heavy (non-hydrogen) atoms. The van der Waals surface area contributed by atoms with Gasteiger partial charge in [0.1, 0.15) is 0 Å². The third kappa shape index (κ3) is 5.60. The summed E-state index contributed by atoms with van der Waals surface area (Å²) in [5.41, 5.74) is 7.41. The standard InChI is InChI=1S/C17H18N3.C5H12O2.Ir/c1-12-16(19-7-6-18-12)15-10-13-4-2-8-20-9-3-5-14(11-15)17(13)20;1-4(6)3-5(2)7;/h6-7,10H,2-5,8-9H2,1H3;4-7H,3H2,1-2H3;/q-1;;. The minimum atomic E-state index is -0.375. The second-order valence-corrected chi connectivity index (χ2v) is 7.65. The van der Waals surface area contributed by atoms with Gasteiger partial charge in [-0.3, -0.25) is 4.98 Å². The summed E-state index contributed by atoms with van der Waals surface area (Å²) in [6, 6.07) is 5.90. The molecule has 2 N–H and O–H groups in total. The van der Waals surface area contributed by atoms with Crippen molar-refractivity contribution in [2.45, 2.75) is 65.1 Å². The summed E-state index contributed by atoms with van der Waals surface area (Å²) in [6.07, 6.45) is 8.07. The minimum absolute atomic E-state index is 0. The van der Waals surface area contributed by atoms with Gasteiger partial charge in [-0.15, -0.1) is 28.8 Å². The van der Waals surface area contributed by atoms with Crippen molar-refractivity contribution in [2.75, 3.05) is 18.0 Å². The van der Waals surface area contributed by atoms with Crippen LogP contribution in [0.1, 0.15) is 49.9 Å². The summed E-state index contributed by atoms with van der Waals surface area (Å²) in [5.74, 6) is 0. The number of hydrogen-bond acceptors (Lipinski definition) is 5. The predicted molar refractivity (Wildman–Crippen MR) is 108 cm³/mol. The fourth-order valence-corrected chi connectivity index (χ4v) is 4.00. The number of rotatable bonds is 3. The van der Waals surface area contributed by atoms with E-state index >= 15 is 0 Å². The van der Waals surface area contributed by atoms with Gasteiger partial charge in [-0.1, -0.05) is 0 Å². The van der Waals surface area contributed by atoms with E-state index in [1.807, 2.05) is 6.92 Å². The molecule has 0 spiro atoms. The molecular formula is C22H30IrN3O2-. The molecule has 1 aromatic heterocycles. The maximum Gasteiger partial charge on any atom is 0.0536 e. The summed E-state index contributed by atoms with van der Waals surface area (Å²) >= 11 is 0. The van der Waals surface area contributed by atoms with Crippen molar-refractivity contribution in [1.82, 2.24) is 9.97 Å². The molecule has 1 aromatic carbocycles. The van der Waals surface area contributed by atoms with Crippen molar-refractivity contribution in [3.63, 3.8) is 0 Å². The average molecular weight is 561 g/mol. The Labute approximate surface area is 181 Å². The second kappa shape index (κ2) is 10.4. The third-order valence-corrected chi connectivity index (χ3v) is 5.06. The smallest absolute Gasteiger partial charge is 0.0536 e. The molecule has 6 heteroatoms. The Kier molecular flexibility index (Phi) is 8.56. The Morgan fingerprint density at radius 1 is 1.07 bits per heavy atom. The molecule has 0 bridgehead atoms. The SMILES string of the molecule is CC(O)CC(C)O.Cc1nccnc1-c1[c-]c2c3c(c1)CCCN3CCC2.[Ir]. The largest absolute Gasteiger partial charge is 0.410 e. The van der Waals surface area contributed by atoms with Crippen LogP contribution < -0.4 is 4.90 Å². The van der Waals surface area contributed by atoms with Crippen molar-refractivity contribution in [2.24, 2.45) is 0 Å². The van der Waals surface area contributed by atoms with Crippen LogP contribution >= 0.6 is 0 Å². The number of nitrogens with zero attached hydrogens (tertiary/aromatic N) is 3. The van der Waals surface area contributed by atoms with Crippen LogP contribution in [0, 0.1) is 13.0 Å². The van der Waals surface area contributed by atoms with Gasteiger partial charge in [-0.25, -0.2) is 0 Å². The fraction of sp³-hybridized carbons (Fsp3) is 0.545. The first kappa shape index (κ1) is 23.0. The average Bonchev–Trinajstić information content (AvgIpc) is 2.62. The van der Waals surface area contributed by atoms with Gasteiger partial charge in [-0.05, 0) is 58.6 Å². The zero-order valence-electron chi connectivity index (χ0n) is 16.9. The molecule has 0 fully saturated rings. The molecule has 0 saturated carbocycles. The Balaban J connectivity index is 0.000000306. The molecule has 5 nitrogen and oxygen atoms in total. The number of benzene rings is 1. The normalized spacial score (nSPS) is 16.8. The maximum atomic E-state index is 8.56. The molecule has 2 unspecified atom stereocenters. The van der Waals surface area contributed by atoms with Crippen LogP contribution in [0.25, 0.3) is 11.3 Å². The zero-order valence-corrected chi connectivity index (χ0v) is 19.3. The quantitative estimate of drug-likeness (QED) is 0.565. The van der Waals surface area contributed by atoms with Crippen LogP contribution in [0.3, 0.4) is 0 Å². The molecule has 0 amide bonds. The van der Waals surface area contributed by atoms with Gasteiger partial charge in [-0.2, -0.15) is 0 Å². The summed E-state index contributed by atoms with van der Waals surface area (Å²) in [6.45, 7) is 7.75. The molecule has 3 heterocycles. The number of aryl methyl sites for hydroxylation is 3. The van der Waals surface area contributed by atoms with Gasteiger partial charge in [0.2, 0.25) is 0 Å². The Bertz CT molecular complexity index is 743. The van der Waals surface area contributed by atoms with Crippen LogP contribution in [0.5, 0.6) is 0 Å². The number of hydrogen-bond donors (Lipinski definition) is 2. The van der Waals surface area contributed by atoms with E-state index < -0.39 is 0 Å². The van der Waals surface area contributed by atoms with Gasteiger partial charge in [0.25, 0.3) is 0 Å². The van der Waals surface area contributed by atoms with Crippen LogP contribution in [0.2, 0.25) is 0 Å². The summed E-state index contributed by atoms with van der Waals surface area (Å²) < 4.78 is 0. The van der Waals surface area contributed by atoms with Crippen molar-refractivity contribution in [3.8, 4) is 11.3 Å². The summed E-state index contributed by atoms with van der Waals surface area (Å²) in [7, 11) is 0. The van der Waals surface area contributed by atoms with Gasteiger partial charge in [0, 0.05) is 57.0 Å². The summed E-state index contributed by atoms with van der Waals surface area (Å²) in [4.78, 5) is 11.4. The van der Waals surface area contributed by atoms with Crippen LogP contribution in [-0.4, -0.2) is 45.5 Å². The molecule has 155 valence electrons. The first-order valence-corrected chi connectivity index (χ1v) is 9.93. The van der Waals surface area contributed by atoms with Crippen LogP contribution in [0.4, 0.5) is 5.69 Å². The first-order valence-electron chi connectivity index (χ1n) is 9.93. The van der Waals surface area contributed by atoms with E-state index in [0.29, 0.717) is 6.42 Å². The van der Waals surface area contributed by atoms with E-state index in [1.165, 1.54) is 49.2 Å². The molecular weight excluding hydrogens is 530 g/mol. The molecule has 4 rings (SSSR count). The third-order valence-electron chi connectivity index (χ3n) is 5.06. The molecule has 0 saturated heterocycles. The van der Waals surface area contributed by atoms with E-state index in [0.717, 1.165) is 23.4 Å².